The molecule has 8 atom stereocenters. The van der Waals surface area contributed by atoms with E-state index in [9.17, 15) is 19.6 Å². The largest absolute Gasteiger partial charge is 0.465 e. The van der Waals surface area contributed by atoms with Crippen LogP contribution in [0.1, 0.15) is 93.4 Å². The number of esters is 1. The summed E-state index contributed by atoms with van der Waals surface area (Å²) in [6.45, 7) is 15.3. The number of ether oxygens (including phenoxy) is 1. The Morgan fingerprint density at radius 3 is 2.38 bits per heavy atom. The molecule has 0 heterocycles. The lowest BCUT2D eigenvalue weighted by Gasteiger charge is -2.68. The quantitative estimate of drug-likeness (QED) is 0.407. The van der Waals surface area contributed by atoms with Gasteiger partial charge in [-0.25, -0.2) is 0 Å². The molecule has 0 aromatic rings. The molecule has 0 N–H and O–H groups in total. The van der Waals surface area contributed by atoms with Gasteiger partial charge in [-0.15, -0.1) is 0 Å². The van der Waals surface area contributed by atoms with Crippen LogP contribution in [0.15, 0.2) is 23.3 Å². The van der Waals surface area contributed by atoms with Crippen molar-refractivity contribution in [3.8, 4) is 6.07 Å². The third-order valence-corrected chi connectivity index (χ3v) is 12.3. The highest BCUT2D eigenvalue weighted by atomic mass is 16.5. The molecule has 0 aliphatic heterocycles. The first-order valence-corrected chi connectivity index (χ1v) is 14.2. The van der Waals surface area contributed by atoms with Crippen molar-refractivity contribution in [3.05, 3.63) is 23.3 Å². The number of Topliss-reactive ketones (excluding diaryl/α,β-unsaturated/α-hetero) is 1. The summed E-state index contributed by atoms with van der Waals surface area (Å²) in [5.74, 6) is -0.183. The molecule has 5 aliphatic rings. The van der Waals surface area contributed by atoms with Gasteiger partial charge in [0.1, 0.15) is 6.07 Å². The predicted molar refractivity (Wildman–Crippen MR) is 141 cm³/mol. The number of fused-ring (bicyclic) bond motifs is 7. The molecular weight excluding hydrogens is 462 g/mol. The van der Waals surface area contributed by atoms with E-state index >= 15 is 0 Å². The van der Waals surface area contributed by atoms with Gasteiger partial charge in [-0.2, -0.15) is 5.26 Å². The van der Waals surface area contributed by atoms with Crippen molar-refractivity contribution in [2.45, 2.75) is 93.4 Å². The van der Waals surface area contributed by atoms with Gasteiger partial charge < -0.3 is 4.74 Å². The average Bonchev–Trinajstić information content (AvgIpc) is 2.82. The van der Waals surface area contributed by atoms with Crippen LogP contribution in [0.4, 0.5) is 0 Å². The molecular formula is C32H43NO4. The van der Waals surface area contributed by atoms with Gasteiger partial charge >= 0.3 is 5.97 Å². The highest BCUT2D eigenvalue weighted by Crippen LogP contribution is 2.73. The summed E-state index contributed by atoms with van der Waals surface area (Å²) >= 11 is 0. The Labute approximate surface area is 222 Å². The van der Waals surface area contributed by atoms with Crippen molar-refractivity contribution in [2.24, 2.45) is 50.7 Å². The van der Waals surface area contributed by atoms with Gasteiger partial charge in [0.2, 0.25) is 0 Å². The van der Waals surface area contributed by atoms with Gasteiger partial charge in [0.05, 0.1) is 12.2 Å². The SMILES string of the molecule is CC(=O)OC[C@]12CCC(C)(C)C[C@H]1[C@H]1C(=O)C=C3[C@@]4(C)C=C(C#N)C(=O)[C@@H](C)[C@@H]4CC[C@@]3(C)[C@]1(C)CC2. The zero-order valence-corrected chi connectivity index (χ0v) is 23.7. The fraction of sp³-hybridized carbons (Fsp3) is 0.750. The number of nitriles is 1. The molecule has 0 spiro atoms. The number of hydrogen-bond acceptors (Lipinski definition) is 5. The van der Waals surface area contributed by atoms with Crippen molar-refractivity contribution in [1.82, 2.24) is 0 Å². The molecule has 200 valence electrons. The summed E-state index contributed by atoms with van der Waals surface area (Å²) in [6.07, 6.45) is 10.6. The summed E-state index contributed by atoms with van der Waals surface area (Å²) in [5, 5.41) is 9.77. The van der Waals surface area contributed by atoms with E-state index in [0.29, 0.717) is 6.61 Å². The zero-order chi connectivity index (χ0) is 27.2. The van der Waals surface area contributed by atoms with Crippen molar-refractivity contribution in [2.75, 3.05) is 6.61 Å². The molecule has 0 aromatic heterocycles. The number of carbonyl (C=O) groups is 3. The first-order chi connectivity index (χ1) is 17.1. The smallest absolute Gasteiger partial charge is 0.302 e. The number of rotatable bonds is 2. The molecule has 0 bridgehead atoms. The lowest BCUT2D eigenvalue weighted by atomic mass is 9.35. The van der Waals surface area contributed by atoms with Crippen LogP contribution in [0.5, 0.6) is 0 Å². The van der Waals surface area contributed by atoms with Gasteiger partial charge in [-0.05, 0) is 79.1 Å². The summed E-state index contributed by atoms with van der Waals surface area (Å²) < 4.78 is 5.69. The van der Waals surface area contributed by atoms with Crippen LogP contribution in [0, 0.1) is 62.1 Å². The highest BCUT2D eigenvalue weighted by Gasteiger charge is 2.69. The first kappa shape index (κ1) is 26.4. The molecule has 0 unspecified atom stereocenters. The van der Waals surface area contributed by atoms with Gasteiger partial charge in [0.25, 0.3) is 0 Å². The molecule has 5 aliphatic carbocycles. The Morgan fingerprint density at radius 1 is 1.05 bits per heavy atom. The molecule has 0 radical (unpaired) electrons. The molecule has 0 amide bonds. The monoisotopic (exact) mass is 505 g/mol. The summed E-state index contributed by atoms with van der Waals surface area (Å²) in [5.41, 5.74) is 0.454. The minimum Gasteiger partial charge on any atom is -0.465 e. The number of allylic oxidation sites excluding steroid dienone is 4. The molecule has 37 heavy (non-hydrogen) atoms. The van der Waals surface area contributed by atoms with E-state index < -0.39 is 5.41 Å². The van der Waals surface area contributed by atoms with E-state index in [2.05, 4.69) is 40.7 Å². The topological polar surface area (TPSA) is 84.2 Å². The van der Waals surface area contributed by atoms with Gasteiger partial charge in [0, 0.05) is 29.6 Å². The van der Waals surface area contributed by atoms with Crippen molar-refractivity contribution in [3.63, 3.8) is 0 Å². The second kappa shape index (κ2) is 8.14. The highest BCUT2D eigenvalue weighted by molar-refractivity contribution is 6.02. The van der Waals surface area contributed by atoms with E-state index in [1.807, 2.05) is 19.1 Å². The molecule has 5 rings (SSSR count). The summed E-state index contributed by atoms with van der Waals surface area (Å²) in [7, 11) is 0. The minimum atomic E-state index is -0.479. The lowest BCUT2D eigenvalue weighted by Crippen LogP contribution is -2.64. The molecule has 3 saturated carbocycles. The predicted octanol–water partition coefficient (Wildman–Crippen LogP) is 6.38. The lowest BCUT2D eigenvalue weighted by molar-refractivity contribution is -0.183. The number of ketones is 2. The van der Waals surface area contributed by atoms with Crippen molar-refractivity contribution in [1.29, 1.82) is 5.26 Å². The summed E-state index contributed by atoms with van der Waals surface area (Å²) in [6, 6.07) is 2.16. The normalized spacial score (nSPS) is 46.2. The molecule has 0 aromatic carbocycles. The van der Waals surface area contributed by atoms with Crippen molar-refractivity contribution < 1.29 is 19.1 Å². The van der Waals surface area contributed by atoms with Crippen LogP contribution in [-0.2, 0) is 19.1 Å². The maximum absolute atomic E-state index is 14.4. The van der Waals surface area contributed by atoms with Crippen LogP contribution < -0.4 is 0 Å². The zero-order valence-electron chi connectivity index (χ0n) is 23.7. The molecule has 5 heteroatoms. The maximum atomic E-state index is 14.4. The van der Waals surface area contributed by atoms with Crippen molar-refractivity contribution >= 4 is 17.5 Å². The third kappa shape index (κ3) is 3.50. The maximum Gasteiger partial charge on any atom is 0.302 e. The van der Waals surface area contributed by atoms with Crippen LogP contribution in [0.25, 0.3) is 0 Å². The number of hydrogen-bond donors (Lipinski definition) is 0. The van der Waals surface area contributed by atoms with E-state index in [1.54, 1.807) is 0 Å². The average molecular weight is 506 g/mol. The molecule has 0 saturated heterocycles. The van der Waals surface area contributed by atoms with E-state index in [1.165, 1.54) is 6.92 Å². The standard InChI is InChI=1S/C32H43NO4/c1-19-22-8-9-30(6)25(29(22,5)15-21(17-33)27(19)36)14-24(35)26-23-16-28(3,4)10-12-32(23,18-37-20(2)34)13-11-31(26,30)7/h14-15,19,22-23,26H,8-13,16,18H2,1-7H3/t19-,22-,23-,26-,29-,30+,31+,32+/m0/s1. The Kier molecular flexibility index (Phi) is 5.81. The minimum absolute atomic E-state index is 0.0576. The van der Waals surface area contributed by atoms with Gasteiger partial charge in [-0.3, -0.25) is 14.4 Å². The molecule has 5 nitrogen and oxygen atoms in total. The van der Waals surface area contributed by atoms with Crippen LogP contribution in [0.2, 0.25) is 0 Å². The van der Waals surface area contributed by atoms with Gasteiger partial charge in [0.15, 0.2) is 11.6 Å². The van der Waals surface area contributed by atoms with Gasteiger partial charge in [-0.1, -0.05) is 53.2 Å². The second-order valence-electron chi connectivity index (χ2n) is 14.6. The number of carbonyl (C=O) groups excluding carboxylic acids is 3. The summed E-state index contributed by atoms with van der Waals surface area (Å²) in [4.78, 5) is 39.1. The van der Waals surface area contributed by atoms with E-state index in [4.69, 9.17) is 4.74 Å². The Bertz CT molecular complexity index is 1170. The Morgan fingerprint density at radius 2 is 1.73 bits per heavy atom. The Balaban J connectivity index is 1.65. The fourth-order valence-electron chi connectivity index (χ4n) is 9.86. The Hall–Kier alpha value is -2.22. The first-order valence-electron chi connectivity index (χ1n) is 14.2. The van der Waals surface area contributed by atoms with E-state index in [-0.39, 0.29) is 68.4 Å². The van der Waals surface area contributed by atoms with Crippen LogP contribution in [0.3, 0.4) is 0 Å². The number of nitrogens with zero attached hydrogens (tertiary/aromatic N) is 1. The van der Waals surface area contributed by atoms with Crippen LogP contribution >= 0.6 is 0 Å². The molecule has 3 fully saturated rings. The van der Waals surface area contributed by atoms with E-state index in [0.717, 1.165) is 50.5 Å². The third-order valence-electron chi connectivity index (χ3n) is 12.3. The second-order valence-corrected chi connectivity index (χ2v) is 14.6. The van der Waals surface area contributed by atoms with Crippen LogP contribution in [-0.4, -0.2) is 24.1 Å². The fourth-order valence-corrected chi connectivity index (χ4v) is 9.86.